The van der Waals surface area contributed by atoms with E-state index in [0.717, 1.165) is 16.7 Å². The van der Waals surface area contributed by atoms with Gasteiger partial charge in [0.25, 0.3) is 5.88 Å². The fourth-order valence-corrected chi connectivity index (χ4v) is 3.29. The standard InChI is InChI=1S/C24H32F3N3O6/c1-5-34-21(32)23(2,3)36-18-12-10-17(11-13-18)9-6-7-16-35-19-20(31)30(22(33)29(4)28-19)15-8-14-24(25,26)27/h10-13H,5-9,14-16H2,1-4H3. The van der Waals surface area contributed by atoms with Gasteiger partial charge in [0.15, 0.2) is 5.60 Å². The van der Waals surface area contributed by atoms with Crippen molar-refractivity contribution in [2.75, 3.05) is 13.2 Å². The fourth-order valence-electron chi connectivity index (χ4n) is 3.29. The van der Waals surface area contributed by atoms with Gasteiger partial charge in [-0.2, -0.15) is 13.2 Å². The molecule has 1 aromatic carbocycles. The minimum atomic E-state index is -4.37. The van der Waals surface area contributed by atoms with Gasteiger partial charge in [-0.05, 0) is 64.2 Å². The van der Waals surface area contributed by atoms with Gasteiger partial charge in [0.1, 0.15) is 5.75 Å². The van der Waals surface area contributed by atoms with Gasteiger partial charge in [-0.15, -0.1) is 5.10 Å². The normalized spacial score (nSPS) is 11.9. The molecule has 12 heteroatoms. The Labute approximate surface area is 206 Å². The zero-order chi connectivity index (χ0) is 26.9. The molecule has 9 nitrogen and oxygen atoms in total. The van der Waals surface area contributed by atoms with E-state index in [2.05, 4.69) is 5.10 Å². The second-order valence-electron chi connectivity index (χ2n) is 8.67. The van der Waals surface area contributed by atoms with Crippen LogP contribution in [0.1, 0.15) is 52.0 Å². The van der Waals surface area contributed by atoms with E-state index in [1.54, 1.807) is 32.9 Å². The molecule has 0 N–H and O–H groups in total. The van der Waals surface area contributed by atoms with Crippen molar-refractivity contribution in [3.63, 3.8) is 0 Å². The highest BCUT2D eigenvalue weighted by Gasteiger charge is 2.31. The van der Waals surface area contributed by atoms with E-state index in [1.165, 1.54) is 7.05 Å². The Morgan fingerprint density at radius 3 is 2.33 bits per heavy atom. The second-order valence-corrected chi connectivity index (χ2v) is 8.67. The molecule has 0 fully saturated rings. The first-order valence-corrected chi connectivity index (χ1v) is 11.7. The van der Waals surface area contributed by atoms with Crippen LogP contribution in [0.25, 0.3) is 0 Å². The van der Waals surface area contributed by atoms with E-state index in [-0.39, 0.29) is 25.6 Å². The lowest BCUT2D eigenvalue weighted by Crippen LogP contribution is -2.41. The Morgan fingerprint density at radius 1 is 1.06 bits per heavy atom. The predicted molar refractivity (Wildman–Crippen MR) is 125 cm³/mol. The van der Waals surface area contributed by atoms with Gasteiger partial charge in [-0.25, -0.2) is 14.3 Å². The number of carbonyl (C=O) groups excluding carboxylic acids is 1. The highest BCUT2D eigenvalue weighted by molar-refractivity contribution is 5.79. The molecule has 0 aliphatic carbocycles. The van der Waals surface area contributed by atoms with Gasteiger partial charge in [0.05, 0.1) is 13.2 Å². The van der Waals surface area contributed by atoms with Crippen LogP contribution in [0.2, 0.25) is 0 Å². The van der Waals surface area contributed by atoms with Crippen LogP contribution in [0.3, 0.4) is 0 Å². The van der Waals surface area contributed by atoms with Crippen LogP contribution >= 0.6 is 0 Å². The van der Waals surface area contributed by atoms with Crippen LogP contribution in [0.4, 0.5) is 13.2 Å². The molecule has 0 atom stereocenters. The van der Waals surface area contributed by atoms with E-state index in [0.29, 0.717) is 23.2 Å². The third-order valence-electron chi connectivity index (χ3n) is 5.18. The van der Waals surface area contributed by atoms with Crippen LogP contribution in [0.15, 0.2) is 33.9 Å². The molecule has 0 amide bonds. The lowest BCUT2D eigenvalue weighted by molar-refractivity contribution is -0.158. The van der Waals surface area contributed by atoms with Gasteiger partial charge in [-0.1, -0.05) is 12.1 Å². The molecule has 2 rings (SSSR count). The molecule has 0 spiro atoms. The summed E-state index contributed by atoms with van der Waals surface area (Å²) in [6.45, 7) is 5.04. The first kappa shape index (κ1) is 28.9. The SMILES string of the molecule is CCOC(=O)C(C)(C)Oc1ccc(CCCCOc2nn(C)c(=O)n(CCCC(F)(F)F)c2=O)cc1. The number of aryl methyl sites for hydroxylation is 2. The molecule has 1 heterocycles. The molecule has 0 saturated carbocycles. The van der Waals surface area contributed by atoms with Crippen LogP contribution in [0, 0.1) is 0 Å². The summed E-state index contributed by atoms with van der Waals surface area (Å²) < 4.78 is 54.9. The fraction of sp³-hybridized carbons (Fsp3) is 0.583. The van der Waals surface area contributed by atoms with Gasteiger partial charge in [0.2, 0.25) is 0 Å². The summed E-state index contributed by atoms with van der Waals surface area (Å²) in [6, 6.07) is 7.29. The lowest BCUT2D eigenvalue weighted by Gasteiger charge is -2.24. The number of alkyl halides is 3. The number of carbonyl (C=O) groups is 1. The number of rotatable bonds is 13. The minimum Gasteiger partial charge on any atom is -0.476 e. The number of hydrogen-bond acceptors (Lipinski definition) is 7. The summed E-state index contributed by atoms with van der Waals surface area (Å²) in [4.78, 5) is 36.5. The van der Waals surface area contributed by atoms with Crippen molar-refractivity contribution in [1.82, 2.24) is 14.3 Å². The summed E-state index contributed by atoms with van der Waals surface area (Å²) in [6.07, 6.45) is -3.85. The maximum Gasteiger partial charge on any atom is 0.389 e. The number of aromatic nitrogens is 3. The highest BCUT2D eigenvalue weighted by Crippen LogP contribution is 2.22. The zero-order valence-corrected chi connectivity index (χ0v) is 20.9. The number of halogens is 3. The first-order valence-electron chi connectivity index (χ1n) is 11.7. The summed E-state index contributed by atoms with van der Waals surface area (Å²) in [5, 5.41) is 3.79. The third-order valence-corrected chi connectivity index (χ3v) is 5.18. The molecule has 0 aliphatic rings. The molecular weight excluding hydrogens is 483 g/mol. The van der Waals surface area contributed by atoms with Crippen LogP contribution in [-0.4, -0.2) is 45.3 Å². The second kappa shape index (κ2) is 12.6. The molecule has 0 aliphatic heterocycles. The maximum absolute atomic E-state index is 12.4. The molecule has 200 valence electrons. The predicted octanol–water partition coefficient (Wildman–Crippen LogP) is 3.41. The number of esters is 1. The van der Waals surface area contributed by atoms with Crippen molar-refractivity contribution >= 4 is 5.97 Å². The molecule has 0 bridgehead atoms. The third kappa shape index (κ3) is 8.72. The Bertz CT molecular complexity index is 1120. The summed E-state index contributed by atoms with van der Waals surface area (Å²) in [5.41, 5.74) is -1.72. The molecule has 36 heavy (non-hydrogen) atoms. The Balaban J connectivity index is 1.85. The van der Waals surface area contributed by atoms with E-state index >= 15 is 0 Å². The van der Waals surface area contributed by atoms with Crippen LogP contribution in [0.5, 0.6) is 11.6 Å². The van der Waals surface area contributed by atoms with Crippen molar-refractivity contribution in [3.8, 4) is 11.6 Å². The maximum atomic E-state index is 12.4. The van der Waals surface area contributed by atoms with Gasteiger partial charge < -0.3 is 14.2 Å². The molecule has 0 saturated heterocycles. The zero-order valence-electron chi connectivity index (χ0n) is 20.9. The molecular formula is C24H32F3N3O6. The topological polar surface area (TPSA) is 102 Å². The smallest absolute Gasteiger partial charge is 0.389 e. The van der Waals surface area contributed by atoms with Gasteiger partial charge in [-0.3, -0.25) is 9.36 Å². The number of ether oxygens (including phenoxy) is 3. The Hall–Kier alpha value is -3.31. The molecule has 0 radical (unpaired) electrons. The summed E-state index contributed by atoms with van der Waals surface area (Å²) in [5.74, 6) is -0.239. The first-order chi connectivity index (χ1) is 16.8. The average molecular weight is 516 g/mol. The number of benzene rings is 1. The molecule has 0 unspecified atom stereocenters. The molecule has 2 aromatic rings. The number of hydrogen-bond donors (Lipinski definition) is 0. The monoisotopic (exact) mass is 515 g/mol. The average Bonchev–Trinajstić information content (AvgIpc) is 2.79. The van der Waals surface area contributed by atoms with E-state index in [1.807, 2.05) is 12.1 Å². The van der Waals surface area contributed by atoms with Crippen LogP contribution < -0.4 is 20.7 Å². The Kier molecular flexibility index (Phi) is 10.1. The van der Waals surface area contributed by atoms with Crippen molar-refractivity contribution < 1.29 is 32.2 Å². The quantitative estimate of drug-likeness (QED) is 0.298. The van der Waals surface area contributed by atoms with Gasteiger partial charge in [0, 0.05) is 20.0 Å². The summed E-state index contributed by atoms with van der Waals surface area (Å²) >= 11 is 0. The highest BCUT2D eigenvalue weighted by atomic mass is 19.4. The lowest BCUT2D eigenvalue weighted by atomic mass is 10.1. The number of unbranched alkanes of at least 4 members (excludes halogenated alkanes) is 1. The minimum absolute atomic E-state index is 0.151. The van der Waals surface area contributed by atoms with Crippen LogP contribution in [-0.2, 0) is 29.5 Å². The number of nitrogens with zero attached hydrogens (tertiary/aromatic N) is 3. The molecule has 1 aromatic heterocycles. The van der Waals surface area contributed by atoms with E-state index in [9.17, 15) is 27.6 Å². The van der Waals surface area contributed by atoms with E-state index < -0.39 is 41.8 Å². The van der Waals surface area contributed by atoms with Crippen molar-refractivity contribution in [2.24, 2.45) is 7.05 Å². The van der Waals surface area contributed by atoms with Crippen molar-refractivity contribution in [3.05, 3.63) is 50.7 Å². The van der Waals surface area contributed by atoms with Crippen molar-refractivity contribution in [1.29, 1.82) is 0 Å². The van der Waals surface area contributed by atoms with Gasteiger partial charge >= 0.3 is 23.4 Å². The Morgan fingerprint density at radius 2 is 1.72 bits per heavy atom. The largest absolute Gasteiger partial charge is 0.476 e. The summed E-state index contributed by atoms with van der Waals surface area (Å²) in [7, 11) is 1.30. The van der Waals surface area contributed by atoms with Crippen molar-refractivity contribution in [2.45, 2.75) is 71.2 Å². The van der Waals surface area contributed by atoms with E-state index in [4.69, 9.17) is 14.2 Å².